The molecule has 86 valence electrons. The number of hydrogen-bond acceptors (Lipinski definition) is 3. The smallest absolute Gasteiger partial charge is 0.343 e. The van der Waals surface area contributed by atoms with Gasteiger partial charge in [0.05, 0.1) is 6.61 Å². The van der Waals surface area contributed by atoms with Crippen LogP contribution >= 0.6 is 0 Å². The summed E-state index contributed by atoms with van der Waals surface area (Å²) < 4.78 is 18.4. The number of rotatable bonds is 3. The van der Waals surface area contributed by atoms with Crippen LogP contribution in [0.3, 0.4) is 0 Å². The molecule has 3 nitrogen and oxygen atoms in total. The third kappa shape index (κ3) is 1.65. The van der Waals surface area contributed by atoms with E-state index in [2.05, 4.69) is 4.74 Å². The van der Waals surface area contributed by atoms with Gasteiger partial charge in [-0.3, -0.25) is 0 Å². The van der Waals surface area contributed by atoms with Crippen LogP contribution in [0, 0.1) is 11.8 Å². The highest BCUT2D eigenvalue weighted by molar-refractivity contribution is 5.76. The molecular weight excluding hydrogens is 199 g/mol. The van der Waals surface area contributed by atoms with Gasteiger partial charge in [-0.05, 0) is 44.4 Å². The van der Waals surface area contributed by atoms with Crippen LogP contribution in [-0.4, -0.2) is 29.5 Å². The second kappa shape index (κ2) is 3.74. The van der Waals surface area contributed by atoms with Gasteiger partial charge in [0.2, 0.25) is 6.17 Å². The zero-order valence-electron chi connectivity index (χ0n) is 8.91. The molecule has 0 aliphatic heterocycles. The van der Waals surface area contributed by atoms with E-state index in [1.807, 2.05) is 0 Å². The lowest BCUT2D eigenvalue weighted by molar-refractivity contribution is -0.165. The number of ether oxygens (including phenoxy) is 1. The van der Waals surface area contributed by atoms with E-state index < -0.39 is 17.7 Å². The quantitative estimate of drug-likeness (QED) is 0.726. The van der Waals surface area contributed by atoms with E-state index in [4.69, 9.17) is 0 Å². The zero-order valence-corrected chi connectivity index (χ0v) is 8.91. The molecule has 0 saturated heterocycles. The first-order valence-electron chi connectivity index (χ1n) is 5.61. The molecule has 4 unspecified atom stereocenters. The van der Waals surface area contributed by atoms with Crippen LogP contribution < -0.4 is 0 Å². The van der Waals surface area contributed by atoms with Gasteiger partial charge in [-0.1, -0.05) is 0 Å². The van der Waals surface area contributed by atoms with Gasteiger partial charge in [-0.2, -0.15) is 0 Å². The van der Waals surface area contributed by atoms with Crippen LogP contribution in [0.5, 0.6) is 0 Å². The van der Waals surface area contributed by atoms with Crippen LogP contribution in [0.2, 0.25) is 0 Å². The molecule has 0 amide bonds. The van der Waals surface area contributed by atoms with Crippen molar-refractivity contribution in [3.63, 3.8) is 0 Å². The van der Waals surface area contributed by atoms with Crippen molar-refractivity contribution in [2.75, 3.05) is 6.61 Å². The Bertz CT molecular complexity index is 269. The largest absolute Gasteiger partial charge is 0.464 e. The van der Waals surface area contributed by atoms with Crippen molar-refractivity contribution in [3.05, 3.63) is 0 Å². The average Bonchev–Trinajstić information content (AvgIpc) is 2.77. The Balaban J connectivity index is 2.06. The standard InChI is InChI=1S/C11H17FO3/c1-2-15-10(13)9(12)11(14)6-7-3-4-8(11)5-7/h7-9,14H,2-6H2,1H3. The summed E-state index contributed by atoms with van der Waals surface area (Å²) >= 11 is 0. The van der Waals surface area contributed by atoms with E-state index in [9.17, 15) is 14.3 Å². The second-order valence-corrected chi connectivity index (χ2v) is 4.69. The Kier molecular flexibility index (Phi) is 2.71. The fourth-order valence-corrected chi connectivity index (χ4v) is 3.07. The van der Waals surface area contributed by atoms with Gasteiger partial charge in [0.25, 0.3) is 0 Å². The molecule has 2 saturated carbocycles. The summed E-state index contributed by atoms with van der Waals surface area (Å²) in [5.74, 6) is -0.567. The number of aliphatic hydroxyl groups is 1. The Morgan fingerprint density at radius 2 is 2.40 bits per heavy atom. The molecule has 1 N–H and O–H groups in total. The number of fused-ring (bicyclic) bond motifs is 2. The van der Waals surface area contributed by atoms with Crippen molar-refractivity contribution in [2.45, 2.75) is 44.4 Å². The molecule has 15 heavy (non-hydrogen) atoms. The van der Waals surface area contributed by atoms with Crippen molar-refractivity contribution < 1.29 is 19.0 Å². The molecule has 2 rings (SSSR count). The van der Waals surface area contributed by atoms with Gasteiger partial charge in [0.1, 0.15) is 5.60 Å². The van der Waals surface area contributed by atoms with Gasteiger partial charge in [-0.25, -0.2) is 9.18 Å². The number of esters is 1. The molecule has 2 aliphatic rings. The minimum Gasteiger partial charge on any atom is -0.464 e. The number of halogens is 1. The lowest BCUT2D eigenvalue weighted by atomic mass is 9.80. The molecule has 0 aromatic carbocycles. The van der Waals surface area contributed by atoms with E-state index in [1.54, 1.807) is 6.92 Å². The molecule has 4 heteroatoms. The van der Waals surface area contributed by atoms with Crippen LogP contribution in [0.15, 0.2) is 0 Å². The lowest BCUT2D eigenvalue weighted by Gasteiger charge is -2.33. The summed E-state index contributed by atoms with van der Waals surface area (Å²) in [5, 5.41) is 10.2. The Morgan fingerprint density at radius 3 is 2.87 bits per heavy atom. The maximum absolute atomic E-state index is 13.8. The summed E-state index contributed by atoms with van der Waals surface area (Å²) in [6.45, 7) is 1.79. The van der Waals surface area contributed by atoms with Crippen molar-refractivity contribution in [1.82, 2.24) is 0 Å². The maximum Gasteiger partial charge on any atom is 0.343 e. The number of carbonyl (C=O) groups excluding carboxylic acids is 1. The highest BCUT2D eigenvalue weighted by Gasteiger charge is 2.57. The van der Waals surface area contributed by atoms with Crippen molar-refractivity contribution in [1.29, 1.82) is 0 Å². The minimum absolute atomic E-state index is 0.0538. The van der Waals surface area contributed by atoms with E-state index >= 15 is 0 Å². The first-order chi connectivity index (χ1) is 7.08. The molecular formula is C11H17FO3. The molecule has 0 heterocycles. The first-order valence-corrected chi connectivity index (χ1v) is 5.61. The van der Waals surface area contributed by atoms with Crippen molar-refractivity contribution in [3.8, 4) is 0 Å². The number of carbonyl (C=O) groups is 1. The Labute approximate surface area is 88.6 Å². The van der Waals surface area contributed by atoms with Crippen LogP contribution in [0.1, 0.15) is 32.6 Å². The molecule has 0 spiro atoms. The van der Waals surface area contributed by atoms with Crippen molar-refractivity contribution >= 4 is 5.97 Å². The predicted octanol–water partition coefficient (Wildman–Crippen LogP) is 1.44. The van der Waals surface area contributed by atoms with E-state index in [1.165, 1.54) is 0 Å². The fraction of sp³-hybridized carbons (Fsp3) is 0.909. The topological polar surface area (TPSA) is 46.5 Å². The van der Waals surface area contributed by atoms with Gasteiger partial charge in [0.15, 0.2) is 0 Å². The lowest BCUT2D eigenvalue weighted by Crippen LogP contribution is -2.49. The fourth-order valence-electron chi connectivity index (χ4n) is 3.07. The highest BCUT2D eigenvalue weighted by Crippen LogP contribution is 2.52. The van der Waals surface area contributed by atoms with Gasteiger partial charge in [0, 0.05) is 0 Å². The van der Waals surface area contributed by atoms with Gasteiger partial charge in [-0.15, -0.1) is 0 Å². The van der Waals surface area contributed by atoms with E-state index in [0.29, 0.717) is 12.3 Å². The van der Waals surface area contributed by atoms with Gasteiger partial charge >= 0.3 is 5.97 Å². The summed E-state index contributed by atoms with van der Waals surface area (Å²) in [4.78, 5) is 11.3. The Hall–Kier alpha value is -0.640. The molecule has 2 aliphatic carbocycles. The van der Waals surface area contributed by atoms with Crippen molar-refractivity contribution in [2.24, 2.45) is 11.8 Å². The molecule has 2 bridgehead atoms. The number of alkyl halides is 1. The predicted molar refractivity (Wildman–Crippen MR) is 51.9 cm³/mol. The molecule has 0 radical (unpaired) electrons. The van der Waals surface area contributed by atoms with E-state index in [0.717, 1.165) is 19.3 Å². The molecule has 0 aromatic heterocycles. The number of hydrogen-bond donors (Lipinski definition) is 1. The highest BCUT2D eigenvalue weighted by atomic mass is 19.1. The Morgan fingerprint density at radius 1 is 1.67 bits per heavy atom. The minimum atomic E-state index is -1.87. The summed E-state index contributed by atoms with van der Waals surface area (Å²) in [5.41, 5.74) is -1.45. The molecule has 0 aromatic rings. The third-order valence-corrected chi connectivity index (χ3v) is 3.80. The zero-order chi connectivity index (χ0) is 11.1. The van der Waals surface area contributed by atoms with E-state index in [-0.39, 0.29) is 12.5 Å². The maximum atomic E-state index is 13.8. The summed E-state index contributed by atoms with van der Waals surface area (Å²) in [6, 6.07) is 0. The first kappa shape index (κ1) is 10.9. The summed E-state index contributed by atoms with van der Waals surface area (Å²) in [6.07, 6.45) is 1.30. The molecule has 4 atom stereocenters. The second-order valence-electron chi connectivity index (χ2n) is 4.69. The van der Waals surface area contributed by atoms with Crippen LogP contribution in [0.4, 0.5) is 4.39 Å². The SMILES string of the molecule is CCOC(=O)C(F)C1(O)CC2CCC1C2. The monoisotopic (exact) mass is 216 g/mol. The van der Waals surface area contributed by atoms with Gasteiger partial charge < -0.3 is 9.84 Å². The third-order valence-electron chi connectivity index (χ3n) is 3.80. The van der Waals surface area contributed by atoms with Crippen LogP contribution in [0.25, 0.3) is 0 Å². The molecule has 2 fully saturated rings. The normalized spacial score (nSPS) is 40.5. The average molecular weight is 216 g/mol. The van der Waals surface area contributed by atoms with Crippen LogP contribution in [-0.2, 0) is 9.53 Å². The summed E-state index contributed by atoms with van der Waals surface area (Å²) in [7, 11) is 0.